The first-order chi connectivity index (χ1) is 9.00. The summed E-state index contributed by atoms with van der Waals surface area (Å²) in [4.78, 5) is 11.7. The molecule has 4 nitrogen and oxygen atoms in total. The fraction of sp³-hybridized carbons (Fsp3) is 0.0833. The van der Waals surface area contributed by atoms with E-state index < -0.39 is 11.8 Å². The Bertz CT molecular complexity index is 616. The lowest BCUT2D eigenvalue weighted by Gasteiger charge is -2.14. The van der Waals surface area contributed by atoms with Crippen LogP contribution in [0.3, 0.4) is 0 Å². The van der Waals surface area contributed by atoms with Crippen molar-refractivity contribution in [2.45, 2.75) is 5.92 Å². The molecule has 1 amide bonds. The van der Waals surface area contributed by atoms with Gasteiger partial charge in [0.25, 0.3) is 0 Å². The van der Waals surface area contributed by atoms with Gasteiger partial charge in [-0.2, -0.15) is 5.10 Å². The number of aromatic nitrogens is 2. The van der Waals surface area contributed by atoms with Crippen molar-refractivity contribution in [1.29, 1.82) is 0 Å². The number of nitrogens with zero attached hydrogens (tertiary/aromatic N) is 2. The molecule has 0 aliphatic heterocycles. The minimum Gasteiger partial charge on any atom is -0.369 e. The number of rotatable bonds is 3. The number of carbonyl (C=O) groups excluding carboxylic acids is 1. The molecule has 0 saturated carbocycles. The van der Waals surface area contributed by atoms with Crippen molar-refractivity contribution in [2.24, 2.45) is 5.73 Å². The zero-order chi connectivity index (χ0) is 14.0. The molecule has 0 fully saturated rings. The molecule has 98 valence electrons. The normalized spacial score (nSPS) is 12.2. The van der Waals surface area contributed by atoms with E-state index in [2.05, 4.69) is 10.2 Å². The van der Waals surface area contributed by atoms with E-state index >= 15 is 0 Å². The number of benzene rings is 1. The minimum absolute atomic E-state index is 0.226. The van der Waals surface area contributed by atoms with E-state index in [-0.39, 0.29) is 10.2 Å². The van der Waals surface area contributed by atoms with Crippen LogP contribution < -0.4 is 5.73 Å². The highest BCUT2D eigenvalue weighted by atomic mass is 35.5. The second-order valence-corrected chi connectivity index (χ2v) is 4.93. The van der Waals surface area contributed by atoms with Crippen LogP contribution in [-0.4, -0.2) is 16.1 Å². The zero-order valence-corrected chi connectivity index (χ0v) is 11.7. The molecule has 0 saturated heterocycles. The van der Waals surface area contributed by atoms with E-state index in [4.69, 9.17) is 40.5 Å². The molecule has 0 spiro atoms. The lowest BCUT2D eigenvalue weighted by molar-refractivity contribution is -0.118. The van der Waals surface area contributed by atoms with E-state index in [0.29, 0.717) is 16.3 Å². The van der Waals surface area contributed by atoms with E-state index in [9.17, 15) is 4.79 Å². The summed E-state index contributed by atoms with van der Waals surface area (Å²) in [6.07, 6.45) is 0. The second-order valence-electron chi connectivity index (χ2n) is 3.76. The predicted molar refractivity (Wildman–Crippen MR) is 74.5 cm³/mol. The van der Waals surface area contributed by atoms with Gasteiger partial charge in [0.05, 0.1) is 15.7 Å². The monoisotopic (exact) mass is 315 g/mol. The maximum absolute atomic E-state index is 11.7. The molecule has 1 aromatic carbocycles. The van der Waals surface area contributed by atoms with Crippen LogP contribution in [0.5, 0.6) is 0 Å². The van der Waals surface area contributed by atoms with Crippen molar-refractivity contribution in [2.75, 3.05) is 0 Å². The van der Waals surface area contributed by atoms with E-state index in [1.807, 2.05) is 0 Å². The molecule has 1 atom stereocenters. The fourth-order valence-electron chi connectivity index (χ4n) is 1.68. The first-order valence-corrected chi connectivity index (χ1v) is 6.36. The van der Waals surface area contributed by atoms with Gasteiger partial charge in [0, 0.05) is 0 Å². The Kier molecular flexibility index (Phi) is 4.24. The maximum atomic E-state index is 11.7. The van der Waals surface area contributed by atoms with Gasteiger partial charge in [-0.25, -0.2) is 0 Å². The van der Waals surface area contributed by atoms with Gasteiger partial charge in [0.2, 0.25) is 5.91 Å². The molecule has 19 heavy (non-hydrogen) atoms. The number of hydrogen-bond donors (Lipinski definition) is 1. The molecule has 2 aromatic rings. The number of hydrogen-bond acceptors (Lipinski definition) is 3. The summed E-state index contributed by atoms with van der Waals surface area (Å²) in [7, 11) is 0. The van der Waals surface area contributed by atoms with E-state index in [1.165, 1.54) is 6.07 Å². The Morgan fingerprint density at radius 1 is 1.11 bits per heavy atom. The molecule has 2 rings (SSSR count). The van der Waals surface area contributed by atoms with Crippen molar-refractivity contribution in [1.82, 2.24) is 10.2 Å². The zero-order valence-electron chi connectivity index (χ0n) is 9.48. The Morgan fingerprint density at radius 2 is 1.84 bits per heavy atom. The second kappa shape index (κ2) is 5.74. The van der Waals surface area contributed by atoms with Crippen LogP contribution in [0.15, 0.2) is 30.3 Å². The summed E-state index contributed by atoms with van der Waals surface area (Å²) in [6, 6.07) is 8.07. The molecule has 0 bridgehead atoms. The number of primary amides is 1. The summed E-state index contributed by atoms with van der Waals surface area (Å²) in [5, 5.41) is 8.39. The average molecular weight is 317 g/mol. The minimum atomic E-state index is -0.823. The smallest absolute Gasteiger partial charge is 0.231 e. The molecular weight excluding hydrogens is 309 g/mol. The van der Waals surface area contributed by atoms with E-state index in [0.717, 1.165) is 0 Å². The fourth-order valence-corrected chi connectivity index (χ4v) is 2.20. The molecule has 0 radical (unpaired) electrons. The van der Waals surface area contributed by atoms with Crippen LogP contribution in [0, 0.1) is 0 Å². The summed E-state index contributed by atoms with van der Waals surface area (Å²) < 4.78 is 0. The summed E-state index contributed by atoms with van der Waals surface area (Å²) >= 11 is 17.7. The van der Waals surface area contributed by atoms with Crippen LogP contribution in [-0.2, 0) is 4.79 Å². The van der Waals surface area contributed by atoms with E-state index in [1.54, 1.807) is 24.3 Å². The van der Waals surface area contributed by atoms with Crippen molar-refractivity contribution >= 4 is 40.7 Å². The summed E-state index contributed by atoms with van der Waals surface area (Å²) in [5.74, 6) is -1.42. The Labute approximate surface area is 124 Å². The van der Waals surface area contributed by atoms with Crippen molar-refractivity contribution < 1.29 is 4.79 Å². The number of nitrogens with two attached hydrogens (primary N) is 1. The summed E-state index contributed by atoms with van der Waals surface area (Å²) in [6.45, 7) is 0. The molecule has 2 N–H and O–H groups in total. The van der Waals surface area contributed by atoms with Gasteiger partial charge in [0.1, 0.15) is 5.92 Å². The topological polar surface area (TPSA) is 68.9 Å². The first kappa shape index (κ1) is 14.1. The van der Waals surface area contributed by atoms with Crippen LogP contribution in [0.25, 0.3) is 0 Å². The Hall–Kier alpha value is -1.36. The largest absolute Gasteiger partial charge is 0.369 e. The SMILES string of the molecule is NC(=O)C(c1ccc(Cl)nn1)c1cccc(Cl)c1Cl. The van der Waals surface area contributed by atoms with Crippen molar-refractivity contribution in [3.05, 3.63) is 56.8 Å². The summed E-state index contributed by atoms with van der Waals surface area (Å²) in [5.41, 5.74) is 6.26. The Balaban J connectivity index is 2.55. The molecule has 0 aliphatic rings. The molecule has 7 heteroatoms. The quantitative estimate of drug-likeness (QED) is 0.946. The van der Waals surface area contributed by atoms with Crippen molar-refractivity contribution in [3.8, 4) is 0 Å². The lowest BCUT2D eigenvalue weighted by Crippen LogP contribution is -2.24. The molecule has 0 aliphatic carbocycles. The van der Waals surface area contributed by atoms with Gasteiger partial charge >= 0.3 is 0 Å². The molecule has 1 unspecified atom stereocenters. The van der Waals surface area contributed by atoms with Gasteiger partial charge in [-0.3, -0.25) is 4.79 Å². The van der Waals surface area contributed by atoms with Gasteiger partial charge < -0.3 is 5.73 Å². The molecule has 1 heterocycles. The van der Waals surface area contributed by atoms with Crippen LogP contribution in [0.1, 0.15) is 17.2 Å². The number of carbonyl (C=O) groups is 1. The third-order valence-electron chi connectivity index (χ3n) is 2.53. The van der Waals surface area contributed by atoms with Gasteiger partial charge in [0.15, 0.2) is 5.15 Å². The van der Waals surface area contributed by atoms with Gasteiger partial charge in [-0.1, -0.05) is 46.9 Å². The van der Waals surface area contributed by atoms with Gasteiger partial charge in [-0.15, -0.1) is 5.10 Å². The molecule has 1 aromatic heterocycles. The predicted octanol–water partition coefficient (Wildman–Crippen LogP) is 3.05. The Morgan fingerprint density at radius 3 is 2.42 bits per heavy atom. The first-order valence-electron chi connectivity index (χ1n) is 5.23. The lowest BCUT2D eigenvalue weighted by atomic mass is 9.95. The van der Waals surface area contributed by atoms with Crippen LogP contribution in [0.2, 0.25) is 15.2 Å². The standard InChI is InChI=1S/C12H8Cl3N3O/c13-7-3-1-2-6(11(7)15)10(12(16)19)8-4-5-9(14)18-17-8/h1-5,10H,(H2,16,19). The highest BCUT2D eigenvalue weighted by Crippen LogP contribution is 2.33. The highest BCUT2D eigenvalue weighted by molar-refractivity contribution is 6.42. The van der Waals surface area contributed by atoms with Crippen LogP contribution in [0.4, 0.5) is 0 Å². The van der Waals surface area contributed by atoms with Crippen LogP contribution >= 0.6 is 34.8 Å². The molecular formula is C12H8Cl3N3O. The third kappa shape index (κ3) is 2.97. The number of amides is 1. The maximum Gasteiger partial charge on any atom is 0.231 e. The third-order valence-corrected chi connectivity index (χ3v) is 3.56. The average Bonchev–Trinajstić information content (AvgIpc) is 2.37. The number of halogens is 3. The highest BCUT2D eigenvalue weighted by Gasteiger charge is 2.25. The van der Waals surface area contributed by atoms with Gasteiger partial charge in [-0.05, 0) is 23.8 Å². The van der Waals surface area contributed by atoms with Crippen molar-refractivity contribution in [3.63, 3.8) is 0 Å².